The number of rotatable bonds is 8. The minimum Gasteiger partial charge on any atom is -0.477 e. The van der Waals surface area contributed by atoms with Crippen molar-refractivity contribution < 1.29 is 4.74 Å². The summed E-state index contributed by atoms with van der Waals surface area (Å²) in [4.78, 5) is 11.2. The van der Waals surface area contributed by atoms with Gasteiger partial charge in [0.05, 0.1) is 6.61 Å². The normalized spacial score (nSPS) is 20.5. The molecule has 0 amide bonds. The van der Waals surface area contributed by atoms with Crippen molar-refractivity contribution in [1.82, 2.24) is 20.5 Å². The third-order valence-electron chi connectivity index (χ3n) is 5.06. The van der Waals surface area contributed by atoms with E-state index in [0.29, 0.717) is 12.6 Å². The fourth-order valence-electron chi connectivity index (χ4n) is 3.25. The predicted molar refractivity (Wildman–Crippen MR) is 116 cm³/mol. The maximum absolute atomic E-state index is 5.68. The average molecular weight is 473 g/mol. The predicted octanol–water partition coefficient (Wildman–Crippen LogP) is 2.64. The number of guanidine groups is 1. The number of ether oxygens (including phenoxy) is 1. The van der Waals surface area contributed by atoms with Crippen molar-refractivity contribution in [2.24, 2.45) is 10.9 Å². The Morgan fingerprint density at radius 2 is 2.15 bits per heavy atom. The number of aromatic nitrogens is 1. The van der Waals surface area contributed by atoms with Gasteiger partial charge in [-0.1, -0.05) is 13.0 Å². The molecule has 1 aromatic rings. The van der Waals surface area contributed by atoms with Crippen LogP contribution in [-0.2, 0) is 6.54 Å². The molecule has 6 nitrogen and oxygen atoms in total. The summed E-state index contributed by atoms with van der Waals surface area (Å²) < 4.78 is 5.68. The van der Waals surface area contributed by atoms with Gasteiger partial charge in [-0.3, -0.25) is 9.89 Å². The fourth-order valence-corrected chi connectivity index (χ4v) is 3.25. The Morgan fingerprint density at radius 1 is 1.31 bits per heavy atom. The van der Waals surface area contributed by atoms with Crippen molar-refractivity contribution in [1.29, 1.82) is 0 Å². The standard InChI is InChI=1S/C19H31N5O.HI/c1-3-24-10-4-5-17(24)13-23-19(20-2)22-12-16-8-9-18(21-11-16)25-14-15-6-7-15;/h8-9,11,15,17H,3-7,10,12-14H2,1-2H3,(H2,20,22,23);1H. The molecule has 2 N–H and O–H groups in total. The van der Waals surface area contributed by atoms with Crippen LogP contribution < -0.4 is 15.4 Å². The zero-order chi connectivity index (χ0) is 17.5. The van der Waals surface area contributed by atoms with Gasteiger partial charge in [-0.05, 0) is 50.3 Å². The fraction of sp³-hybridized carbons (Fsp3) is 0.684. The molecule has 146 valence electrons. The van der Waals surface area contributed by atoms with Gasteiger partial charge >= 0.3 is 0 Å². The summed E-state index contributed by atoms with van der Waals surface area (Å²) in [5.41, 5.74) is 1.12. The quantitative estimate of drug-likeness (QED) is 0.346. The van der Waals surface area contributed by atoms with Crippen molar-refractivity contribution >= 4 is 29.9 Å². The molecule has 3 rings (SSSR count). The Hall–Kier alpha value is -1.09. The third kappa shape index (κ3) is 6.57. The van der Waals surface area contributed by atoms with Crippen LogP contribution in [0.1, 0.15) is 38.2 Å². The Balaban J connectivity index is 0.00000243. The van der Waals surface area contributed by atoms with E-state index in [-0.39, 0.29) is 24.0 Å². The number of pyridine rings is 1. The van der Waals surface area contributed by atoms with E-state index in [9.17, 15) is 0 Å². The van der Waals surface area contributed by atoms with Gasteiger partial charge in [0, 0.05) is 38.4 Å². The van der Waals surface area contributed by atoms with Crippen LogP contribution in [0.4, 0.5) is 0 Å². The van der Waals surface area contributed by atoms with Crippen LogP contribution in [0, 0.1) is 5.92 Å². The van der Waals surface area contributed by atoms with Crippen LogP contribution in [0.15, 0.2) is 23.3 Å². The van der Waals surface area contributed by atoms with E-state index in [1.807, 2.05) is 19.3 Å². The molecule has 2 fully saturated rings. The summed E-state index contributed by atoms with van der Waals surface area (Å²) in [6, 6.07) is 4.63. The number of aliphatic imine (C=N–C) groups is 1. The molecule has 1 aromatic heterocycles. The largest absolute Gasteiger partial charge is 0.477 e. The monoisotopic (exact) mass is 473 g/mol. The van der Waals surface area contributed by atoms with Crippen molar-refractivity contribution in [3.63, 3.8) is 0 Å². The van der Waals surface area contributed by atoms with E-state index < -0.39 is 0 Å². The lowest BCUT2D eigenvalue weighted by Gasteiger charge is -2.24. The maximum atomic E-state index is 5.68. The first-order valence-electron chi connectivity index (χ1n) is 9.54. The van der Waals surface area contributed by atoms with Crippen LogP contribution in [0.5, 0.6) is 5.88 Å². The number of hydrogen-bond donors (Lipinski definition) is 2. The summed E-state index contributed by atoms with van der Waals surface area (Å²) in [6.07, 6.45) is 7.03. The maximum Gasteiger partial charge on any atom is 0.213 e. The van der Waals surface area contributed by atoms with Gasteiger partial charge in [0.2, 0.25) is 5.88 Å². The van der Waals surface area contributed by atoms with Crippen LogP contribution in [-0.4, -0.2) is 55.2 Å². The second kappa shape index (κ2) is 10.9. The Kier molecular flexibility index (Phi) is 8.90. The van der Waals surface area contributed by atoms with Crippen molar-refractivity contribution in [3.8, 4) is 5.88 Å². The minimum atomic E-state index is 0. The summed E-state index contributed by atoms with van der Waals surface area (Å²) in [6.45, 7) is 7.03. The van der Waals surface area contributed by atoms with Crippen molar-refractivity contribution in [3.05, 3.63) is 23.9 Å². The SMILES string of the molecule is CCN1CCCC1CNC(=NC)NCc1ccc(OCC2CC2)nc1.I. The molecular formula is C19H32IN5O. The first kappa shape index (κ1) is 21.2. The summed E-state index contributed by atoms with van der Waals surface area (Å²) in [7, 11) is 1.81. The summed E-state index contributed by atoms with van der Waals surface area (Å²) >= 11 is 0. The number of likely N-dealkylation sites (tertiary alicyclic amines) is 1. The van der Waals surface area contributed by atoms with E-state index >= 15 is 0 Å². The summed E-state index contributed by atoms with van der Waals surface area (Å²) in [5.74, 6) is 2.32. The molecule has 1 atom stereocenters. The van der Waals surface area contributed by atoms with Crippen molar-refractivity contribution in [2.75, 3.05) is 33.3 Å². The second-order valence-corrected chi connectivity index (χ2v) is 6.99. The lowest BCUT2D eigenvalue weighted by molar-refractivity contribution is 0.267. The number of hydrogen-bond acceptors (Lipinski definition) is 4. The number of halogens is 1. The molecule has 1 saturated heterocycles. The Bertz CT molecular complexity index is 562. The van der Waals surface area contributed by atoms with Crippen LogP contribution in [0.25, 0.3) is 0 Å². The molecule has 1 saturated carbocycles. The first-order chi connectivity index (χ1) is 12.3. The van der Waals surface area contributed by atoms with E-state index in [0.717, 1.165) is 43.0 Å². The molecular weight excluding hydrogens is 441 g/mol. The highest BCUT2D eigenvalue weighted by Gasteiger charge is 2.23. The summed E-state index contributed by atoms with van der Waals surface area (Å²) in [5, 5.41) is 6.81. The van der Waals surface area contributed by atoms with E-state index in [4.69, 9.17) is 4.74 Å². The second-order valence-electron chi connectivity index (χ2n) is 6.99. The minimum absolute atomic E-state index is 0. The van der Waals surface area contributed by atoms with Gasteiger partial charge in [0.25, 0.3) is 0 Å². The molecule has 1 aliphatic heterocycles. The van der Waals surface area contributed by atoms with E-state index in [2.05, 4.69) is 38.5 Å². The molecule has 0 radical (unpaired) electrons. The zero-order valence-corrected chi connectivity index (χ0v) is 18.2. The molecule has 2 heterocycles. The van der Waals surface area contributed by atoms with Crippen molar-refractivity contribution in [2.45, 2.75) is 45.2 Å². The lowest BCUT2D eigenvalue weighted by atomic mass is 10.2. The van der Waals surface area contributed by atoms with Crippen LogP contribution in [0.2, 0.25) is 0 Å². The topological polar surface area (TPSA) is 61.8 Å². The van der Waals surface area contributed by atoms with Gasteiger partial charge in [0.15, 0.2) is 5.96 Å². The zero-order valence-electron chi connectivity index (χ0n) is 15.9. The third-order valence-corrected chi connectivity index (χ3v) is 5.06. The van der Waals surface area contributed by atoms with Gasteiger partial charge < -0.3 is 15.4 Å². The highest BCUT2D eigenvalue weighted by Crippen LogP contribution is 2.29. The highest BCUT2D eigenvalue weighted by atomic mass is 127. The van der Waals surface area contributed by atoms with Gasteiger partial charge in [-0.25, -0.2) is 4.98 Å². The van der Waals surface area contributed by atoms with E-state index in [1.165, 1.54) is 32.2 Å². The molecule has 2 aliphatic rings. The number of nitrogens with zero attached hydrogens (tertiary/aromatic N) is 3. The number of likely N-dealkylation sites (N-methyl/N-ethyl adjacent to an activating group) is 1. The average Bonchev–Trinajstić information content (AvgIpc) is 3.37. The van der Waals surface area contributed by atoms with Crippen LogP contribution >= 0.6 is 24.0 Å². The van der Waals surface area contributed by atoms with Crippen LogP contribution in [0.3, 0.4) is 0 Å². The number of nitrogens with one attached hydrogen (secondary N) is 2. The van der Waals surface area contributed by atoms with Gasteiger partial charge in [-0.2, -0.15) is 0 Å². The molecule has 0 spiro atoms. The van der Waals surface area contributed by atoms with Gasteiger partial charge in [-0.15, -0.1) is 24.0 Å². The molecule has 1 aliphatic carbocycles. The lowest BCUT2D eigenvalue weighted by Crippen LogP contribution is -2.44. The smallest absolute Gasteiger partial charge is 0.213 e. The molecule has 26 heavy (non-hydrogen) atoms. The molecule has 7 heteroatoms. The molecule has 0 aromatic carbocycles. The first-order valence-corrected chi connectivity index (χ1v) is 9.54. The Labute approximate surface area is 174 Å². The molecule has 1 unspecified atom stereocenters. The molecule has 0 bridgehead atoms. The van der Waals surface area contributed by atoms with Gasteiger partial charge in [0.1, 0.15) is 0 Å². The Morgan fingerprint density at radius 3 is 2.81 bits per heavy atom. The highest BCUT2D eigenvalue weighted by molar-refractivity contribution is 14.0. The van der Waals surface area contributed by atoms with E-state index in [1.54, 1.807) is 0 Å².